The third-order valence-electron chi connectivity index (χ3n) is 4.46. The highest BCUT2D eigenvalue weighted by atomic mass is 19.4. The molecular formula is C24H16F3N3O2. The van der Waals surface area contributed by atoms with Gasteiger partial charge in [-0.3, -0.25) is 4.79 Å². The number of aromatic nitrogens is 2. The van der Waals surface area contributed by atoms with Crippen molar-refractivity contribution in [3.05, 3.63) is 96.7 Å². The van der Waals surface area contributed by atoms with Crippen molar-refractivity contribution in [3.63, 3.8) is 0 Å². The fraction of sp³-hybridized carbons (Fsp3) is 0.0417. The molecule has 4 rings (SSSR count). The van der Waals surface area contributed by atoms with Crippen LogP contribution in [0.25, 0.3) is 22.6 Å². The fourth-order valence-electron chi connectivity index (χ4n) is 3.03. The van der Waals surface area contributed by atoms with Crippen LogP contribution in [0.15, 0.2) is 91.1 Å². The van der Waals surface area contributed by atoms with Crippen molar-refractivity contribution in [2.24, 2.45) is 0 Å². The van der Waals surface area contributed by atoms with Crippen LogP contribution in [0.4, 0.5) is 18.9 Å². The van der Waals surface area contributed by atoms with Gasteiger partial charge in [0.25, 0.3) is 5.91 Å². The summed E-state index contributed by atoms with van der Waals surface area (Å²) in [5.74, 6) is -0.404. The Morgan fingerprint density at radius 3 is 2.00 bits per heavy atom. The van der Waals surface area contributed by atoms with E-state index in [2.05, 4.69) is 20.0 Å². The molecule has 1 amide bonds. The molecular weight excluding hydrogens is 419 g/mol. The lowest BCUT2D eigenvalue weighted by molar-refractivity contribution is -0.274. The van der Waals surface area contributed by atoms with Crippen LogP contribution >= 0.6 is 0 Å². The molecule has 0 aliphatic carbocycles. The monoisotopic (exact) mass is 435 g/mol. The summed E-state index contributed by atoms with van der Waals surface area (Å²) in [5.41, 5.74) is 2.50. The number of nitrogens with one attached hydrogen (secondary N) is 1. The molecule has 1 N–H and O–H groups in total. The maximum atomic E-state index is 13.0. The number of hydrogen-bond acceptors (Lipinski definition) is 4. The Bertz CT molecular complexity index is 1210. The molecule has 4 aromatic rings. The molecule has 0 aliphatic rings. The second-order valence-electron chi connectivity index (χ2n) is 6.71. The highest BCUT2D eigenvalue weighted by Gasteiger charge is 2.31. The van der Waals surface area contributed by atoms with Crippen LogP contribution in [-0.4, -0.2) is 22.2 Å². The number of nitrogens with zero attached hydrogens (tertiary/aromatic N) is 2. The van der Waals surface area contributed by atoms with Gasteiger partial charge in [-0.1, -0.05) is 60.7 Å². The van der Waals surface area contributed by atoms with Gasteiger partial charge in [0.05, 0.1) is 11.3 Å². The highest BCUT2D eigenvalue weighted by molar-refractivity contribution is 6.08. The van der Waals surface area contributed by atoms with Crippen LogP contribution in [0.5, 0.6) is 5.75 Å². The first-order chi connectivity index (χ1) is 15.4. The van der Waals surface area contributed by atoms with E-state index >= 15 is 0 Å². The number of ether oxygens (including phenoxy) is 1. The molecule has 1 heterocycles. The van der Waals surface area contributed by atoms with E-state index in [1.165, 1.54) is 18.3 Å². The molecule has 1 aromatic heterocycles. The van der Waals surface area contributed by atoms with Gasteiger partial charge >= 0.3 is 6.36 Å². The van der Waals surface area contributed by atoms with Crippen LogP contribution in [0, 0.1) is 0 Å². The minimum Gasteiger partial charge on any atom is -0.406 e. The zero-order valence-corrected chi connectivity index (χ0v) is 16.5. The Morgan fingerprint density at radius 2 is 1.41 bits per heavy atom. The number of carbonyl (C=O) groups is 1. The molecule has 0 saturated heterocycles. The number of hydrogen-bond donors (Lipinski definition) is 1. The molecule has 5 nitrogen and oxygen atoms in total. The number of benzene rings is 3. The molecule has 0 unspecified atom stereocenters. The minimum atomic E-state index is -4.78. The second kappa shape index (κ2) is 8.89. The molecule has 0 fully saturated rings. The van der Waals surface area contributed by atoms with Crippen molar-refractivity contribution in [2.45, 2.75) is 6.36 Å². The molecule has 0 spiro atoms. The summed E-state index contributed by atoms with van der Waals surface area (Å²) < 4.78 is 40.8. The van der Waals surface area contributed by atoms with Gasteiger partial charge in [-0.05, 0) is 24.3 Å². The molecule has 0 atom stereocenters. The van der Waals surface area contributed by atoms with Gasteiger partial charge in [0, 0.05) is 23.0 Å². The topological polar surface area (TPSA) is 64.1 Å². The standard InChI is InChI=1S/C24H16F3N3O2/c25-24(26,27)32-19-13-11-18(12-14-19)29-23(31)20-15-28-22(17-9-5-2-6-10-17)30-21(20)16-7-3-1-4-8-16/h1-15H,(H,29,31). The van der Waals surface area contributed by atoms with Gasteiger partial charge in [0.1, 0.15) is 5.75 Å². The SMILES string of the molecule is O=C(Nc1ccc(OC(F)(F)F)cc1)c1cnc(-c2ccccc2)nc1-c1ccccc1. The predicted octanol–water partition coefficient (Wildman–Crippen LogP) is 5.96. The number of halogens is 3. The summed E-state index contributed by atoms with van der Waals surface area (Å²) in [7, 11) is 0. The lowest BCUT2D eigenvalue weighted by atomic mass is 10.1. The lowest BCUT2D eigenvalue weighted by Crippen LogP contribution is -2.17. The van der Waals surface area contributed by atoms with E-state index in [1.54, 1.807) is 0 Å². The third kappa shape index (κ3) is 5.10. The second-order valence-corrected chi connectivity index (χ2v) is 6.71. The van der Waals surface area contributed by atoms with Crippen molar-refractivity contribution in [2.75, 3.05) is 5.32 Å². The van der Waals surface area contributed by atoms with Gasteiger partial charge in [-0.2, -0.15) is 0 Å². The van der Waals surface area contributed by atoms with E-state index in [0.29, 0.717) is 17.2 Å². The summed E-state index contributed by atoms with van der Waals surface area (Å²) in [5, 5.41) is 2.66. The van der Waals surface area contributed by atoms with E-state index in [0.717, 1.165) is 23.3 Å². The first kappa shape index (κ1) is 21.0. The van der Waals surface area contributed by atoms with Crippen LogP contribution in [0.1, 0.15) is 10.4 Å². The minimum absolute atomic E-state index is 0.228. The van der Waals surface area contributed by atoms with Crippen LogP contribution in [-0.2, 0) is 0 Å². The molecule has 0 saturated carbocycles. The zero-order chi connectivity index (χ0) is 22.6. The van der Waals surface area contributed by atoms with Crippen molar-refractivity contribution >= 4 is 11.6 Å². The van der Waals surface area contributed by atoms with Crippen molar-refractivity contribution in [1.82, 2.24) is 9.97 Å². The smallest absolute Gasteiger partial charge is 0.406 e. The lowest BCUT2D eigenvalue weighted by Gasteiger charge is -2.12. The zero-order valence-electron chi connectivity index (χ0n) is 16.5. The van der Waals surface area contributed by atoms with Crippen molar-refractivity contribution in [1.29, 1.82) is 0 Å². The molecule has 160 valence electrons. The van der Waals surface area contributed by atoms with Crippen LogP contribution < -0.4 is 10.1 Å². The third-order valence-corrected chi connectivity index (χ3v) is 4.46. The molecule has 0 radical (unpaired) electrons. The van der Waals surface area contributed by atoms with Crippen molar-refractivity contribution < 1.29 is 22.7 Å². The van der Waals surface area contributed by atoms with Crippen LogP contribution in [0.2, 0.25) is 0 Å². The van der Waals surface area contributed by atoms with E-state index in [1.807, 2.05) is 60.7 Å². The summed E-state index contributed by atoms with van der Waals surface area (Å²) in [4.78, 5) is 21.9. The average molecular weight is 435 g/mol. The molecule has 8 heteroatoms. The Morgan fingerprint density at radius 1 is 0.812 bits per heavy atom. The molecule has 0 aliphatic heterocycles. The van der Waals surface area contributed by atoms with E-state index < -0.39 is 12.3 Å². The van der Waals surface area contributed by atoms with E-state index in [-0.39, 0.29) is 11.3 Å². The van der Waals surface area contributed by atoms with Gasteiger partial charge in [-0.15, -0.1) is 13.2 Å². The van der Waals surface area contributed by atoms with Gasteiger partial charge in [0.15, 0.2) is 5.82 Å². The summed E-state index contributed by atoms with van der Waals surface area (Å²) in [6.07, 6.45) is -3.35. The fourth-order valence-corrected chi connectivity index (χ4v) is 3.03. The van der Waals surface area contributed by atoms with E-state index in [9.17, 15) is 18.0 Å². The largest absolute Gasteiger partial charge is 0.573 e. The van der Waals surface area contributed by atoms with Gasteiger partial charge < -0.3 is 10.1 Å². The average Bonchev–Trinajstić information content (AvgIpc) is 2.80. The highest BCUT2D eigenvalue weighted by Crippen LogP contribution is 2.27. The summed E-state index contributed by atoms with van der Waals surface area (Å²) in [6.45, 7) is 0. The number of rotatable bonds is 5. The van der Waals surface area contributed by atoms with Crippen molar-refractivity contribution in [3.8, 4) is 28.4 Å². The number of anilines is 1. The first-order valence-electron chi connectivity index (χ1n) is 9.54. The van der Waals surface area contributed by atoms with Crippen LogP contribution in [0.3, 0.4) is 0 Å². The number of amides is 1. The predicted molar refractivity (Wildman–Crippen MR) is 114 cm³/mol. The Kier molecular flexibility index (Phi) is 5.85. The van der Waals surface area contributed by atoms with Gasteiger partial charge in [-0.25, -0.2) is 9.97 Å². The quantitative estimate of drug-likeness (QED) is 0.420. The first-order valence-corrected chi connectivity index (χ1v) is 9.54. The number of carbonyl (C=O) groups excluding carboxylic acids is 1. The summed E-state index contributed by atoms with van der Waals surface area (Å²) >= 11 is 0. The Balaban J connectivity index is 1.64. The molecule has 3 aromatic carbocycles. The normalized spacial score (nSPS) is 11.1. The maximum Gasteiger partial charge on any atom is 0.573 e. The Labute approximate surface area is 181 Å². The Hall–Kier alpha value is -4.20. The molecule has 32 heavy (non-hydrogen) atoms. The maximum absolute atomic E-state index is 13.0. The molecule has 0 bridgehead atoms. The number of alkyl halides is 3. The summed E-state index contributed by atoms with van der Waals surface area (Å²) in [6, 6.07) is 23.4. The van der Waals surface area contributed by atoms with Gasteiger partial charge in [0.2, 0.25) is 0 Å². The van der Waals surface area contributed by atoms with E-state index in [4.69, 9.17) is 0 Å².